The van der Waals surface area contributed by atoms with Crippen molar-refractivity contribution >= 4 is 29.1 Å². The normalized spacial score (nSPS) is 25.9. The molecule has 3 saturated heterocycles. The molecule has 3 aromatic rings. The number of para-hydroxylation sites is 2. The van der Waals surface area contributed by atoms with Gasteiger partial charge in [0.15, 0.2) is 0 Å². The zero-order chi connectivity index (χ0) is 34.9. The lowest BCUT2D eigenvalue weighted by Gasteiger charge is -2.40. The number of aliphatic hydroxyl groups excluding tert-OH is 1. The van der Waals surface area contributed by atoms with Crippen molar-refractivity contribution in [2.24, 2.45) is 11.8 Å². The number of hydrogen-bond donors (Lipinski definition) is 1. The van der Waals surface area contributed by atoms with E-state index in [2.05, 4.69) is 13.2 Å². The van der Waals surface area contributed by atoms with Crippen LogP contribution in [0.4, 0.5) is 11.4 Å². The zero-order valence-electron chi connectivity index (χ0n) is 28.8. The lowest BCUT2D eigenvalue weighted by atomic mass is 9.64. The summed E-state index contributed by atoms with van der Waals surface area (Å²) in [5.41, 5.74) is 2.04. The number of aryl methyl sites for hydroxylation is 2. The van der Waals surface area contributed by atoms with Crippen molar-refractivity contribution in [3.8, 4) is 0 Å². The van der Waals surface area contributed by atoms with E-state index in [0.29, 0.717) is 31.4 Å². The van der Waals surface area contributed by atoms with Crippen LogP contribution in [0.5, 0.6) is 0 Å². The van der Waals surface area contributed by atoms with Crippen LogP contribution in [0.25, 0.3) is 0 Å². The van der Waals surface area contributed by atoms with Gasteiger partial charge in [-0.1, -0.05) is 85.8 Å². The first kappa shape index (κ1) is 34.3. The van der Waals surface area contributed by atoms with Crippen molar-refractivity contribution in [2.45, 2.75) is 69.7 Å². The number of carbonyl (C=O) groups excluding carboxylic acids is 3. The van der Waals surface area contributed by atoms with E-state index in [1.807, 2.05) is 99.6 Å². The SMILES string of the molecule is C=CCN(C(=O)[C@H]1[C@H]2C(=O)N([C@@H](CO)Cc3ccccc3)C(C(=O)N(CC=C)c3c(C)cccc3C)C23CC[C@]1(CC)O3)c1ccccc1. The van der Waals surface area contributed by atoms with Gasteiger partial charge in [0, 0.05) is 24.5 Å². The Morgan fingerprint density at radius 3 is 2.12 bits per heavy atom. The second-order valence-corrected chi connectivity index (χ2v) is 13.7. The van der Waals surface area contributed by atoms with E-state index in [9.17, 15) is 9.90 Å². The second-order valence-electron chi connectivity index (χ2n) is 13.7. The minimum absolute atomic E-state index is 0.217. The lowest BCUT2D eigenvalue weighted by Crippen LogP contribution is -2.59. The smallest absolute Gasteiger partial charge is 0.253 e. The molecule has 3 aliphatic rings. The summed E-state index contributed by atoms with van der Waals surface area (Å²) in [6, 6.07) is 23.1. The molecule has 3 aromatic carbocycles. The fraction of sp³-hybridized carbons (Fsp3) is 0.390. The van der Waals surface area contributed by atoms with E-state index in [1.165, 1.54) is 0 Å². The standard InChI is InChI=1S/C41H47N3O5/c1-6-24-42(31-20-13-10-14-21-31)37(46)33-34-38(47)44(32(27-45)26-30-18-11-9-12-19-30)36(41(34)23-22-40(33,8-3)49-41)39(48)43(25-7-2)35-28(4)16-15-17-29(35)5/h6-7,9-21,32-34,36,45H,1-2,8,22-27H2,3-5H3/t32-,33-,34+,36?,40+,41?/m1/s1. The molecule has 0 radical (unpaired) electrons. The van der Waals surface area contributed by atoms with Gasteiger partial charge < -0.3 is 24.5 Å². The molecular formula is C41H47N3O5. The molecule has 8 heteroatoms. The van der Waals surface area contributed by atoms with Crippen LogP contribution in [0.2, 0.25) is 0 Å². The molecule has 0 aliphatic carbocycles. The highest BCUT2D eigenvalue weighted by atomic mass is 16.5. The second kappa shape index (κ2) is 13.8. The quantitative estimate of drug-likeness (QED) is 0.234. The molecule has 3 aliphatic heterocycles. The Balaban J connectivity index is 1.52. The molecule has 1 spiro atoms. The Morgan fingerprint density at radius 1 is 0.918 bits per heavy atom. The van der Waals surface area contributed by atoms with Gasteiger partial charge in [-0.25, -0.2) is 0 Å². The molecule has 0 aromatic heterocycles. The fourth-order valence-corrected chi connectivity index (χ4v) is 8.87. The Morgan fingerprint density at radius 2 is 1.53 bits per heavy atom. The van der Waals surface area contributed by atoms with Gasteiger partial charge in [0.1, 0.15) is 11.6 Å². The van der Waals surface area contributed by atoms with Crippen LogP contribution in [-0.2, 0) is 25.5 Å². The molecule has 1 N–H and O–H groups in total. The van der Waals surface area contributed by atoms with Crippen LogP contribution >= 0.6 is 0 Å². The molecule has 49 heavy (non-hydrogen) atoms. The zero-order valence-corrected chi connectivity index (χ0v) is 28.8. The highest BCUT2D eigenvalue weighted by Gasteiger charge is 2.79. The summed E-state index contributed by atoms with van der Waals surface area (Å²) >= 11 is 0. The van der Waals surface area contributed by atoms with E-state index in [-0.39, 0.29) is 37.4 Å². The molecule has 6 atom stereocenters. The average molecular weight is 662 g/mol. The summed E-state index contributed by atoms with van der Waals surface area (Å²) < 4.78 is 7.13. The number of rotatable bonds is 13. The highest BCUT2D eigenvalue weighted by molar-refractivity contribution is 6.07. The number of amides is 3. The molecule has 3 fully saturated rings. The Bertz CT molecular complexity index is 1710. The molecule has 3 heterocycles. The molecule has 8 nitrogen and oxygen atoms in total. The minimum Gasteiger partial charge on any atom is -0.394 e. The molecular weight excluding hydrogens is 614 g/mol. The number of ether oxygens (including phenoxy) is 1. The van der Waals surface area contributed by atoms with Crippen LogP contribution in [0.3, 0.4) is 0 Å². The number of anilines is 2. The molecule has 2 bridgehead atoms. The van der Waals surface area contributed by atoms with E-state index >= 15 is 9.59 Å². The predicted octanol–water partition coefficient (Wildman–Crippen LogP) is 5.80. The van der Waals surface area contributed by atoms with Crippen molar-refractivity contribution in [1.82, 2.24) is 4.90 Å². The molecule has 6 rings (SSSR count). The van der Waals surface area contributed by atoms with Gasteiger partial charge in [0.05, 0.1) is 30.1 Å². The summed E-state index contributed by atoms with van der Waals surface area (Å²) in [6.07, 6.45) is 5.19. The van der Waals surface area contributed by atoms with Crippen molar-refractivity contribution < 1.29 is 24.2 Å². The Labute approximate surface area is 289 Å². The summed E-state index contributed by atoms with van der Waals surface area (Å²) in [6.45, 7) is 13.9. The molecule has 3 amide bonds. The third kappa shape index (κ3) is 5.61. The minimum atomic E-state index is -1.26. The van der Waals surface area contributed by atoms with Crippen molar-refractivity contribution in [2.75, 3.05) is 29.5 Å². The van der Waals surface area contributed by atoms with E-state index in [1.54, 1.807) is 26.9 Å². The topological polar surface area (TPSA) is 90.4 Å². The predicted molar refractivity (Wildman–Crippen MR) is 192 cm³/mol. The number of nitrogens with zero attached hydrogens (tertiary/aromatic N) is 3. The largest absolute Gasteiger partial charge is 0.394 e. The number of fused-ring (bicyclic) bond motifs is 1. The summed E-state index contributed by atoms with van der Waals surface area (Å²) in [4.78, 5) is 50.4. The van der Waals surface area contributed by atoms with Crippen molar-refractivity contribution in [3.05, 3.63) is 121 Å². The van der Waals surface area contributed by atoms with Gasteiger partial charge in [0.25, 0.3) is 5.91 Å². The summed E-state index contributed by atoms with van der Waals surface area (Å²) in [5, 5.41) is 11.0. The van der Waals surface area contributed by atoms with E-state index < -0.39 is 35.1 Å². The van der Waals surface area contributed by atoms with Gasteiger partial charge in [-0.3, -0.25) is 14.4 Å². The number of benzene rings is 3. The van der Waals surface area contributed by atoms with Gasteiger partial charge in [0.2, 0.25) is 11.8 Å². The number of hydrogen-bond acceptors (Lipinski definition) is 5. The van der Waals surface area contributed by atoms with Crippen LogP contribution in [0, 0.1) is 25.7 Å². The summed E-state index contributed by atoms with van der Waals surface area (Å²) in [7, 11) is 0. The Kier molecular flexibility index (Phi) is 9.65. The number of likely N-dealkylation sites (tertiary alicyclic amines) is 1. The maximum absolute atomic E-state index is 15.3. The molecule has 256 valence electrons. The average Bonchev–Trinajstić information content (AvgIpc) is 3.73. The van der Waals surface area contributed by atoms with Crippen LogP contribution in [-0.4, -0.2) is 70.7 Å². The van der Waals surface area contributed by atoms with Crippen LogP contribution in [0.15, 0.2) is 104 Å². The number of aliphatic hydroxyl groups is 1. The van der Waals surface area contributed by atoms with Crippen LogP contribution in [0.1, 0.15) is 42.9 Å². The van der Waals surface area contributed by atoms with Gasteiger partial charge in [-0.2, -0.15) is 0 Å². The maximum atomic E-state index is 15.3. The lowest BCUT2D eigenvalue weighted by molar-refractivity contribution is -0.149. The molecule has 2 unspecified atom stereocenters. The molecule has 0 saturated carbocycles. The maximum Gasteiger partial charge on any atom is 0.253 e. The first-order chi connectivity index (χ1) is 23.7. The van der Waals surface area contributed by atoms with Crippen LogP contribution < -0.4 is 9.80 Å². The number of carbonyl (C=O) groups is 3. The van der Waals surface area contributed by atoms with Crippen molar-refractivity contribution in [3.63, 3.8) is 0 Å². The third-order valence-corrected chi connectivity index (χ3v) is 11.0. The van der Waals surface area contributed by atoms with E-state index in [4.69, 9.17) is 4.74 Å². The van der Waals surface area contributed by atoms with Gasteiger partial charge in [-0.15, -0.1) is 13.2 Å². The Hall–Kier alpha value is -4.53. The first-order valence-corrected chi connectivity index (χ1v) is 17.3. The van der Waals surface area contributed by atoms with Gasteiger partial charge in [-0.05, 0) is 68.4 Å². The first-order valence-electron chi connectivity index (χ1n) is 17.3. The summed E-state index contributed by atoms with van der Waals surface area (Å²) in [5.74, 6) is -2.59. The highest BCUT2D eigenvalue weighted by Crippen LogP contribution is 2.65. The van der Waals surface area contributed by atoms with Crippen molar-refractivity contribution in [1.29, 1.82) is 0 Å². The van der Waals surface area contributed by atoms with Gasteiger partial charge >= 0.3 is 0 Å². The third-order valence-electron chi connectivity index (χ3n) is 11.0. The fourth-order valence-electron chi connectivity index (χ4n) is 8.87. The monoisotopic (exact) mass is 661 g/mol. The van der Waals surface area contributed by atoms with E-state index in [0.717, 1.165) is 22.4 Å².